The molecule has 182 valence electrons. The molecule has 34 heavy (non-hydrogen) atoms. The summed E-state index contributed by atoms with van der Waals surface area (Å²) in [5, 5.41) is 3.12. The van der Waals surface area contributed by atoms with Crippen molar-refractivity contribution in [3.63, 3.8) is 0 Å². The maximum absolute atomic E-state index is 14.0. The van der Waals surface area contributed by atoms with E-state index in [2.05, 4.69) is 10.2 Å². The number of hydrogen-bond donors (Lipinski definition) is 1. The molecule has 2 aliphatic carbocycles. The van der Waals surface area contributed by atoms with Gasteiger partial charge in [-0.1, -0.05) is 37.1 Å². The molecule has 1 N–H and O–H groups in total. The lowest BCUT2D eigenvalue weighted by Gasteiger charge is -2.32. The van der Waals surface area contributed by atoms with Crippen LogP contribution in [-0.2, 0) is 16.6 Å². The van der Waals surface area contributed by atoms with Crippen LogP contribution in [0.2, 0.25) is 0 Å². The number of carbonyl (C=O) groups excluding carboxylic acids is 1. The van der Waals surface area contributed by atoms with Crippen molar-refractivity contribution in [3.05, 3.63) is 71.3 Å². The number of nitrogens with one attached hydrogen (secondary N) is 1. The van der Waals surface area contributed by atoms with Crippen molar-refractivity contribution >= 4 is 5.91 Å². The number of hydrogen-bond acceptors (Lipinski definition) is 2. The quantitative estimate of drug-likeness (QED) is 0.557. The summed E-state index contributed by atoms with van der Waals surface area (Å²) in [6, 6.07) is 12.2. The number of halogens is 4. The Morgan fingerprint density at radius 1 is 0.941 bits per heavy atom. The minimum Gasteiger partial charge on any atom is -0.354 e. The van der Waals surface area contributed by atoms with Crippen LogP contribution in [0.15, 0.2) is 48.5 Å². The van der Waals surface area contributed by atoms with E-state index in [-0.39, 0.29) is 30.0 Å². The Labute approximate surface area is 197 Å². The van der Waals surface area contributed by atoms with Crippen LogP contribution >= 0.6 is 0 Å². The number of nitrogens with zero attached hydrogens (tertiary/aromatic N) is 1. The van der Waals surface area contributed by atoms with Gasteiger partial charge in [-0.15, -0.1) is 0 Å². The summed E-state index contributed by atoms with van der Waals surface area (Å²) in [7, 11) is 0. The molecular weight excluding hydrogens is 444 g/mol. The molecule has 3 nitrogen and oxygen atoms in total. The number of alkyl halides is 2. The molecule has 1 aliphatic heterocycles. The van der Waals surface area contributed by atoms with Crippen molar-refractivity contribution in [1.29, 1.82) is 0 Å². The lowest BCUT2D eigenvalue weighted by Crippen LogP contribution is -2.49. The molecule has 3 fully saturated rings. The summed E-state index contributed by atoms with van der Waals surface area (Å²) < 4.78 is 54.9. The van der Waals surface area contributed by atoms with Gasteiger partial charge in [-0.3, -0.25) is 9.69 Å². The smallest absolute Gasteiger partial charge is 0.255 e. The van der Waals surface area contributed by atoms with Gasteiger partial charge in [0, 0.05) is 25.6 Å². The van der Waals surface area contributed by atoms with E-state index < -0.39 is 16.8 Å². The molecule has 5 rings (SSSR count). The largest absolute Gasteiger partial charge is 0.354 e. The second-order valence-corrected chi connectivity index (χ2v) is 10.4. The highest BCUT2D eigenvalue weighted by molar-refractivity contribution is 5.88. The van der Waals surface area contributed by atoms with Gasteiger partial charge >= 0.3 is 0 Å². The van der Waals surface area contributed by atoms with Crippen molar-refractivity contribution in [2.24, 2.45) is 5.41 Å². The van der Waals surface area contributed by atoms with E-state index in [1.165, 1.54) is 24.3 Å². The van der Waals surface area contributed by atoms with Gasteiger partial charge in [0.25, 0.3) is 5.92 Å². The monoisotopic (exact) mass is 474 g/mol. The molecule has 0 radical (unpaired) electrons. The van der Waals surface area contributed by atoms with Crippen molar-refractivity contribution in [3.8, 4) is 0 Å². The summed E-state index contributed by atoms with van der Waals surface area (Å²) in [6.45, 7) is 1.19. The first-order valence-corrected chi connectivity index (χ1v) is 12.1. The van der Waals surface area contributed by atoms with Crippen molar-refractivity contribution in [1.82, 2.24) is 10.2 Å². The zero-order valence-corrected chi connectivity index (χ0v) is 19.1. The Kier molecular flexibility index (Phi) is 5.95. The molecule has 3 aliphatic rings. The number of likely N-dealkylation sites (tertiary alicyclic amines) is 1. The van der Waals surface area contributed by atoms with Gasteiger partial charge in [0.05, 0.1) is 10.8 Å². The molecule has 0 bridgehead atoms. The minimum absolute atomic E-state index is 0.0696. The zero-order valence-electron chi connectivity index (χ0n) is 19.1. The minimum atomic E-state index is -2.61. The molecule has 7 heteroatoms. The Morgan fingerprint density at radius 3 is 2.09 bits per heavy atom. The maximum atomic E-state index is 14.0. The highest BCUT2D eigenvalue weighted by Crippen LogP contribution is 2.65. The molecule has 2 unspecified atom stereocenters. The fraction of sp³-hybridized carbons (Fsp3) is 0.519. The summed E-state index contributed by atoms with van der Waals surface area (Å²) in [6.07, 6.45) is 4.16. The number of carbonyl (C=O) groups is 1. The molecule has 1 heterocycles. The van der Waals surface area contributed by atoms with Gasteiger partial charge in [-0.25, -0.2) is 17.6 Å². The number of benzene rings is 2. The summed E-state index contributed by atoms with van der Waals surface area (Å²) in [5.74, 6) is -3.36. The van der Waals surface area contributed by atoms with E-state index >= 15 is 0 Å². The summed E-state index contributed by atoms with van der Waals surface area (Å²) in [4.78, 5) is 15.6. The van der Waals surface area contributed by atoms with Gasteiger partial charge < -0.3 is 5.32 Å². The third-order valence-electron chi connectivity index (χ3n) is 8.28. The maximum Gasteiger partial charge on any atom is 0.255 e. The van der Waals surface area contributed by atoms with E-state index in [0.717, 1.165) is 24.0 Å². The third-order valence-corrected chi connectivity index (χ3v) is 8.28. The predicted octanol–water partition coefficient (Wildman–Crippen LogP) is 5.24. The molecule has 2 aromatic rings. The van der Waals surface area contributed by atoms with E-state index in [1.54, 1.807) is 24.3 Å². The molecule has 1 spiro atoms. The molecule has 2 aromatic carbocycles. The SMILES string of the molecule is O=C(NCC(Cc1ccc(F)cc1)N1CCC2(C1)CC2(F)F)C1(c2ccc(F)cc2)CCCC1. The fourth-order valence-corrected chi connectivity index (χ4v) is 6.04. The average Bonchev–Trinajstić information content (AvgIpc) is 3.22. The van der Waals surface area contributed by atoms with Gasteiger partial charge in [-0.05, 0) is 67.6 Å². The lowest BCUT2D eigenvalue weighted by molar-refractivity contribution is -0.126. The van der Waals surface area contributed by atoms with Crippen LogP contribution in [0.5, 0.6) is 0 Å². The molecule has 1 amide bonds. The highest BCUT2D eigenvalue weighted by Gasteiger charge is 2.72. The van der Waals surface area contributed by atoms with E-state index in [0.29, 0.717) is 45.3 Å². The van der Waals surface area contributed by atoms with E-state index in [4.69, 9.17) is 0 Å². The van der Waals surface area contributed by atoms with Crippen molar-refractivity contribution in [2.75, 3.05) is 19.6 Å². The first kappa shape index (κ1) is 23.3. The van der Waals surface area contributed by atoms with Crippen LogP contribution < -0.4 is 5.32 Å². The van der Waals surface area contributed by atoms with Gasteiger partial charge in [0.1, 0.15) is 11.6 Å². The first-order chi connectivity index (χ1) is 16.2. The third kappa shape index (κ3) is 4.23. The number of amides is 1. The molecular formula is C27H30F4N2O. The van der Waals surface area contributed by atoms with Crippen LogP contribution in [0.25, 0.3) is 0 Å². The average molecular weight is 475 g/mol. The predicted molar refractivity (Wildman–Crippen MR) is 122 cm³/mol. The molecule has 0 aromatic heterocycles. The first-order valence-electron chi connectivity index (χ1n) is 12.1. The topological polar surface area (TPSA) is 32.3 Å². The van der Waals surface area contributed by atoms with Crippen molar-refractivity contribution in [2.45, 2.75) is 62.3 Å². The second-order valence-electron chi connectivity index (χ2n) is 10.4. The van der Waals surface area contributed by atoms with Gasteiger partial charge in [-0.2, -0.15) is 0 Å². The number of rotatable bonds is 7. The van der Waals surface area contributed by atoms with Crippen molar-refractivity contribution < 1.29 is 22.4 Å². The Hall–Kier alpha value is -2.41. The Morgan fingerprint density at radius 2 is 1.53 bits per heavy atom. The lowest BCUT2D eigenvalue weighted by atomic mass is 9.78. The van der Waals surface area contributed by atoms with Crippen LogP contribution in [0.4, 0.5) is 17.6 Å². The van der Waals surface area contributed by atoms with E-state index in [9.17, 15) is 22.4 Å². The Bertz CT molecular complexity index is 1030. The summed E-state index contributed by atoms with van der Waals surface area (Å²) >= 11 is 0. The van der Waals surface area contributed by atoms with Crippen LogP contribution in [-0.4, -0.2) is 42.4 Å². The van der Waals surface area contributed by atoms with Crippen LogP contribution in [0.1, 0.15) is 49.7 Å². The standard InChI is InChI=1S/C27H30F4N2O/c28-21-7-3-19(4-8-21)15-23(33-14-13-25(18-33)17-27(25,30)31)16-32-24(34)26(11-1-2-12-26)20-5-9-22(29)10-6-20/h3-10,23H,1-2,11-18H2,(H,32,34). The summed E-state index contributed by atoms with van der Waals surface area (Å²) in [5.41, 5.74) is 0.0953. The van der Waals surface area contributed by atoms with Gasteiger partial charge in [0.15, 0.2) is 0 Å². The normalized spacial score (nSPS) is 26.0. The van der Waals surface area contributed by atoms with Gasteiger partial charge in [0.2, 0.25) is 5.91 Å². The van der Waals surface area contributed by atoms with Crippen LogP contribution in [0.3, 0.4) is 0 Å². The second kappa shape index (κ2) is 8.67. The Balaban J connectivity index is 1.33. The molecule has 2 atom stereocenters. The fourth-order valence-electron chi connectivity index (χ4n) is 6.04. The molecule has 1 saturated heterocycles. The van der Waals surface area contributed by atoms with Crippen LogP contribution in [0, 0.1) is 17.0 Å². The highest BCUT2D eigenvalue weighted by atomic mass is 19.3. The molecule has 2 saturated carbocycles. The van der Waals surface area contributed by atoms with E-state index in [1.807, 2.05) is 0 Å². The zero-order chi connectivity index (χ0) is 24.0.